The molecule has 4 rings (SSSR count). The summed E-state index contributed by atoms with van der Waals surface area (Å²) in [5, 5.41) is 0.690. The Hall–Kier alpha value is -2.72. The Morgan fingerprint density at radius 3 is 2.04 bits per heavy atom. The number of ether oxygens (including phenoxy) is 1. The van der Waals surface area contributed by atoms with Crippen molar-refractivity contribution in [1.82, 2.24) is 0 Å². The first-order chi connectivity index (χ1) is 12.6. The summed E-state index contributed by atoms with van der Waals surface area (Å²) in [6.07, 6.45) is 0. The molecule has 0 amide bonds. The van der Waals surface area contributed by atoms with E-state index < -0.39 is 11.6 Å². The molecule has 0 spiro atoms. The minimum atomic E-state index is -0.678. The molecule has 0 fully saturated rings. The van der Waals surface area contributed by atoms with Crippen molar-refractivity contribution in [2.24, 2.45) is 4.99 Å². The molecule has 0 aromatic heterocycles. The molecule has 1 aliphatic heterocycles. The molecule has 0 bridgehead atoms. The molecular weight excluding hydrogens is 356 g/mol. The predicted octanol–water partition coefficient (Wildman–Crippen LogP) is 5.80. The van der Waals surface area contributed by atoms with E-state index in [0.717, 1.165) is 16.7 Å². The van der Waals surface area contributed by atoms with E-state index in [0.29, 0.717) is 5.02 Å². The minimum absolute atomic E-state index is 0.00683. The number of halogens is 3. The zero-order valence-electron chi connectivity index (χ0n) is 13.6. The Balaban J connectivity index is 1.59. The Morgan fingerprint density at radius 2 is 1.42 bits per heavy atom. The van der Waals surface area contributed by atoms with Crippen molar-refractivity contribution in [1.29, 1.82) is 0 Å². The van der Waals surface area contributed by atoms with Gasteiger partial charge >= 0.3 is 0 Å². The van der Waals surface area contributed by atoms with Crippen LogP contribution in [0.2, 0.25) is 5.02 Å². The van der Waals surface area contributed by atoms with Crippen LogP contribution in [0.1, 0.15) is 17.2 Å². The average molecular weight is 370 g/mol. The Labute approximate surface area is 154 Å². The van der Waals surface area contributed by atoms with Crippen LogP contribution in [0.15, 0.2) is 71.7 Å². The number of hydrogen-bond donors (Lipinski definition) is 0. The van der Waals surface area contributed by atoms with Crippen LogP contribution in [0.25, 0.3) is 11.1 Å². The van der Waals surface area contributed by atoms with Gasteiger partial charge in [0, 0.05) is 5.02 Å². The molecule has 1 unspecified atom stereocenters. The molecular formula is C21H14ClF2NO. The van der Waals surface area contributed by atoms with E-state index >= 15 is 0 Å². The largest absolute Gasteiger partial charge is 0.475 e. The molecule has 1 atom stereocenters. The molecule has 0 radical (unpaired) electrons. The molecule has 1 heterocycles. The summed E-state index contributed by atoms with van der Waals surface area (Å²) in [7, 11) is 0. The van der Waals surface area contributed by atoms with Gasteiger partial charge < -0.3 is 4.74 Å². The lowest BCUT2D eigenvalue weighted by Crippen LogP contribution is -2.07. The van der Waals surface area contributed by atoms with E-state index in [4.69, 9.17) is 16.3 Å². The van der Waals surface area contributed by atoms with Crippen LogP contribution < -0.4 is 0 Å². The first-order valence-corrected chi connectivity index (χ1v) is 8.50. The lowest BCUT2D eigenvalue weighted by molar-refractivity contribution is 0.317. The molecule has 0 aliphatic carbocycles. The standard InChI is InChI=1S/C21H14ClF2NO/c22-16-10-8-14(9-11-16)13-4-6-15(7-5-13)19-12-26-21(25-19)20-17(23)2-1-3-18(20)24/h1-11,19H,12H2. The maximum Gasteiger partial charge on any atom is 0.222 e. The van der Waals surface area contributed by atoms with Crippen molar-refractivity contribution in [3.63, 3.8) is 0 Å². The van der Waals surface area contributed by atoms with Gasteiger partial charge in [0.2, 0.25) is 5.90 Å². The highest BCUT2D eigenvalue weighted by Crippen LogP contribution is 2.29. The van der Waals surface area contributed by atoms with E-state index in [1.54, 1.807) is 0 Å². The fourth-order valence-electron chi connectivity index (χ4n) is 2.92. The fourth-order valence-corrected chi connectivity index (χ4v) is 3.05. The van der Waals surface area contributed by atoms with Crippen LogP contribution in [0.3, 0.4) is 0 Å². The van der Waals surface area contributed by atoms with Gasteiger partial charge in [-0.1, -0.05) is 54.1 Å². The summed E-state index contributed by atoms with van der Waals surface area (Å²) in [5.74, 6) is -1.35. The van der Waals surface area contributed by atoms with Crippen molar-refractivity contribution in [2.75, 3.05) is 6.61 Å². The molecule has 130 valence electrons. The third-order valence-electron chi connectivity index (χ3n) is 4.30. The van der Waals surface area contributed by atoms with Crippen LogP contribution in [0.5, 0.6) is 0 Å². The van der Waals surface area contributed by atoms with E-state index in [-0.39, 0.29) is 24.1 Å². The van der Waals surface area contributed by atoms with Gasteiger partial charge in [0.1, 0.15) is 29.8 Å². The van der Waals surface area contributed by atoms with Crippen molar-refractivity contribution in [3.8, 4) is 11.1 Å². The maximum absolute atomic E-state index is 13.9. The van der Waals surface area contributed by atoms with Gasteiger partial charge in [0.05, 0.1) is 0 Å². The molecule has 1 aliphatic rings. The molecule has 26 heavy (non-hydrogen) atoms. The molecule has 3 aromatic rings. The highest BCUT2D eigenvalue weighted by atomic mass is 35.5. The van der Waals surface area contributed by atoms with E-state index in [2.05, 4.69) is 4.99 Å². The second kappa shape index (κ2) is 6.89. The quantitative estimate of drug-likeness (QED) is 0.571. The van der Waals surface area contributed by atoms with Crippen molar-refractivity contribution < 1.29 is 13.5 Å². The van der Waals surface area contributed by atoms with Gasteiger partial charge in [-0.25, -0.2) is 13.8 Å². The minimum Gasteiger partial charge on any atom is -0.475 e. The van der Waals surface area contributed by atoms with Crippen LogP contribution in [-0.4, -0.2) is 12.5 Å². The highest BCUT2D eigenvalue weighted by molar-refractivity contribution is 6.30. The number of rotatable bonds is 3. The number of benzene rings is 3. The molecule has 3 aromatic carbocycles. The van der Waals surface area contributed by atoms with Gasteiger partial charge in [-0.15, -0.1) is 0 Å². The molecule has 0 saturated heterocycles. The number of nitrogens with zero attached hydrogens (tertiary/aromatic N) is 1. The normalized spacial score (nSPS) is 16.3. The van der Waals surface area contributed by atoms with Crippen LogP contribution in [0.4, 0.5) is 8.78 Å². The fraction of sp³-hybridized carbons (Fsp3) is 0.0952. The topological polar surface area (TPSA) is 21.6 Å². The van der Waals surface area contributed by atoms with Crippen LogP contribution in [-0.2, 0) is 4.74 Å². The summed E-state index contributed by atoms with van der Waals surface area (Å²) < 4.78 is 33.2. The zero-order valence-corrected chi connectivity index (χ0v) is 14.4. The van der Waals surface area contributed by atoms with Gasteiger partial charge in [-0.3, -0.25) is 0 Å². The smallest absolute Gasteiger partial charge is 0.222 e. The monoisotopic (exact) mass is 369 g/mol. The summed E-state index contributed by atoms with van der Waals surface area (Å²) in [4.78, 5) is 4.36. The van der Waals surface area contributed by atoms with E-state index in [9.17, 15) is 8.78 Å². The zero-order chi connectivity index (χ0) is 18.1. The summed E-state index contributed by atoms with van der Waals surface area (Å²) in [6.45, 7) is 0.253. The van der Waals surface area contributed by atoms with E-state index in [1.165, 1.54) is 18.2 Å². The highest BCUT2D eigenvalue weighted by Gasteiger charge is 2.26. The third kappa shape index (κ3) is 3.20. The second-order valence-electron chi connectivity index (χ2n) is 5.99. The summed E-state index contributed by atoms with van der Waals surface area (Å²) >= 11 is 5.91. The lowest BCUT2D eigenvalue weighted by Gasteiger charge is -2.07. The van der Waals surface area contributed by atoms with Gasteiger partial charge in [-0.05, 0) is 41.0 Å². The van der Waals surface area contributed by atoms with E-state index in [1.807, 2.05) is 48.5 Å². The first kappa shape index (κ1) is 16.7. The van der Waals surface area contributed by atoms with Crippen LogP contribution >= 0.6 is 11.6 Å². The number of hydrogen-bond acceptors (Lipinski definition) is 2. The van der Waals surface area contributed by atoms with Gasteiger partial charge in [0.15, 0.2) is 0 Å². The molecule has 2 nitrogen and oxygen atoms in total. The van der Waals surface area contributed by atoms with Gasteiger partial charge in [-0.2, -0.15) is 0 Å². The van der Waals surface area contributed by atoms with Crippen LogP contribution in [0, 0.1) is 11.6 Å². The Kier molecular flexibility index (Phi) is 4.43. The molecule has 5 heteroatoms. The number of aliphatic imine (C=N–C) groups is 1. The lowest BCUT2D eigenvalue weighted by atomic mass is 10.0. The average Bonchev–Trinajstić information content (AvgIpc) is 3.12. The third-order valence-corrected chi connectivity index (χ3v) is 4.55. The van der Waals surface area contributed by atoms with Crippen molar-refractivity contribution in [2.45, 2.75) is 6.04 Å². The first-order valence-electron chi connectivity index (χ1n) is 8.13. The Morgan fingerprint density at radius 1 is 0.846 bits per heavy atom. The SMILES string of the molecule is Fc1cccc(F)c1C1=NC(c2ccc(-c3ccc(Cl)cc3)cc2)CO1. The molecule has 0 saturated carbocycles. The van der Waals surface area contributed by atoms with Crippen molar-refractivity contribution in [3.05, 3.63) is 94.5 Å². The van der Waals surface area contributed by atoms with Gasteiger partial charge in [0.25, 0.3) is 0 Å². The summed E-state index contributed by atoms with van der Waals surface area (Å²) in [6, 6.07) is 18.9. The predicted molar refractivity (Wildman–Crippen MR) is 98.5 cm³/mol. The maximum atomic E-state index is 13.9. The molecule has 0 N–H and O–H groups in total. The Bertz CT molecular complexity index is 948. The summed E-state index contributed by atoms with van der Waals surface area (Å²) in [5.41, 5.74) is 2.82. The second-order valence-corrected chi connectivity index (χ2v) is 6.42. The van der Waals surface area contributed by atoms with Crippen molar-refractivity contribution >= 4 is 17.5 Å².